The molecular weight excluding hydrogens is 596 g/mol. The number of benzene rings is 3. The van der Waals surface area contributed by atoms with Gasteiger partial charge in [0.2, 0.25) is 5.91 Å². The highest BCUT2D eigenvalue weighted by Crippen LogP contribution is 2.39. The number of thiazole rings is 1. The molecular formula is C33H35ClN6O3S. The van der Waals surface area contributed by atoms with E-state index in [1.54, 1.807) is 25.3 Å². The second kappa shape index (κ2) is 12.9. The van der Waals surface area contributed by atoms with Gasteiger partial charge in [-0.2, -0.15) is 0 Å². The Hall–Kier alpha value is -3.99. The minimum Gasteiger partial charge on any atom is -0.493 e. The molecule has 1 saturated heterocycles. The first kappa shape index (κ1) is 30.1. The molecule has 6 rings (SSSR count). The van der Waals surface area contributed by atoms with Gasteiger partial charge in [0.05, 0.1) is 40.2 Å². The molecule has 5 aromatic rings. The Balaban J connectivity index is 1.38. The van der Waals surface area contributed by atoms with Crippen molar-refractivity contribution in [3.05, 3.63) is 64.7 Å². The molecule has 2 aromatic heterocycles. The molecule has 1 aliphatic rings. The summed E-state index contributed by atoms with van der Waals surface area (Å²) >= 11 is 7.99. The predicted octanol–water partition coefficient (Wildman–Crippen LogP) is 7.36. The number of para-hydroxylation sites is 1. The average molecular weight is 631 g/mol. The lowest BCUT2D eigenvalue weighted by atomic mass is 10.0. The normalized spacial score (nSPS) is 15.5. The summed E-state index contributed by atoms with van der Waals surface area (Å²) in [7, 11) is 1.63. The van der Waals surface area contributed by atoms with Gasteiger partial charge in [0, 0.05) is 29.6 Å². The number of primary amides is 1. The van der Waals surface area contributed by atoms with E-state index in [2.05, 4.69) is 17.1 Å². The van der Waals surface area contributed by atoms with Gasteiger partial charge < -0.3 is 25.4 Å². The molecule has 0 aliphatic carbocycles. The first-order chi connectivity index (χ1) is 21.3. The molecule has 9 nitrogen and oxygen atoms in total. The van der Waals surface area contributed by atoms with Gasteiger partial charge >= 0.3 is 0 Å². The Morgan fingerprint density at radius 1 is 1.11 bits per heavy atom. The number of nitrogens with two attached hydrogens (primary N) is 1. The second-order valence-corrected chi connectivity index (χ2v) is 12.6. The van der Waals surface area contributed by atoms with Gasteiger partial charge in [0.25, 0.3) is 0 Å². The number of carbonyl (C=O) groups excluding carboxylic acids is 1. The molecule has 11 heteroatoms. The Labute approximate surface area is 265 Å². The SMILES string of the molecule is COc1cc2c(Nc3c(C)cccc3Cl)nc(-c3nc4ccc(C(N)=O)cc4s3)nc2cc1OCCCN1CCCCC1C. The highest BCUT2D eigenvalue weighted by molar-refractivity contribution is 7.21. The van der Waals surface area contributed by atoms with E-state index in [1.807, 2.05) is 37.3 Å². The number of piperidine rings is 1. The van der Waals surface area contributed by atoms with E-state index in [0.29, 0.717) is 56.9 Å². The highest BCUT2D eigenvalue weighted by Gasteiger charge is 2.20. The number of nitrogens with zero attached hydrogens (tertiary/aromatic N) is 4. The highest BCUT2D eigenvalue weighted by atomic mass is 35.5. The van der Waals surface area contributed by atoms with Gasteiger partial charge in [-0.3, -0.25) is 4.79 Å². The lowest BCUT2D eigenvalue weighted by Gasteiger charge is -2.33. The zero-order valence-electron chi connectivity index (χ0n) is 25.0. The van der Waals surface area contributed by atoms with Crippen LogP contribution in [-0.2, 0) is 0 Å². The third-order valence-corrected chi connectivity index (χ3v) is 9.43. The Morgan fingerprint density at radius 2 is 1.98 bits per heavy atom. The lowest BCUT2D eigenvalue weighted by Crippen LogP contribution is -2.38. The summed E-state index contributed by atoms with van der Waals surface area (Å²) in [5.41, 5.74) is 9.05. The van der Waals surface area contributed by atoms with Crippen molar-refractivity contribution >= 4 is 61.5 Å². The van der Waals surface area contributed by atoms with Gasteiger partial charge in [0.1, 0.15) is 5.82 Å². The number of anilines is 2. The van der Waals surface area contributed by atoms with Crippen molar-refractivity contribution in [2.75, 3.05) is 32.1 Å². The molecule has 0 bridgehead atoms. The molecule has 0 radical (unpaired) electrons. The predicted molar refractivity (Wildman–Crippen MR) is 178 cm³/mol. The van der Waals surface area contributed by atoms with Gasteiger partial charge in [-0.25, -0.2) is 15.0 Å². The maximum Gasteiger partial charge on any atom is 0.248 e. The Bertz CT molecular complexity index is 1820. The largest absolute Gasteiger partial charge is 0.493 e. The van der Waals surface area contributed by atoms with Crippen molar-refractivity contribution in [2.24, 2.45) is 5.73 Å². The summed E-state index contributed by atoms with van der Waals surface area (Å²) in [5, 5.41) is 5.38. The Kier molecular flexibility index (Phi) is 8.83. The minimum atomic E-state index is -0.489. The van der Waals surface area contributed by atoms with Crippen LogP contribution in [-0.4, -0.2) is 58.6 Å². The number of methoxy groups -OCH3 is 1. The second-order valence-electron chi connectivity index (χ2n) is 11.1. The number of carbonyl (C=O) groups is 1. The topological polar surface area (TPSA) is 115 Å². The molecule has 3 N–H and O–H groups in total. The Morgan fingerprint density at radius 3 is 2.75 bits per heavy atom. The fraction of sp³-hybridized carbons (Fsp3) is 0.333. The number of halogens is 1. The zero-order valence-corrected chi connectivity index (χ0v) is 26.6. The van der Waals surface area contributed by atoms with Gasteiger partial charge in [-0.15, -0.1) is 11.3 Å². The third-order valence-electron chi connectivity index (χ3n) is 8.10. The zero-order chi connectivity index (χ0) is 30.8. The van der Waals surface area contributed by atoms with Crippen LogP contribution in [0.15, 0.2) is 48.5 Å². The monoisotopic (exact) mass is 630 g/mol. The number of fused-ring (bicyclic) bond motifs is 2. The van der Waals surface area contributed by atoms with E-state index in [9.17, 15) is 4.79 Å². The molecule has 44 heavy (non-hydrogen) atoms. The van der Waals surface area contributed by atoms with Gasteiger partial charge in [0.15, 0.2) is 22.3 Å². The van der Waals surface area contributed by atoms with Crippen molar-refractivity contribution in [3.8, 4) is 22.3 Å². The van der Waals surface area contributed by atoms with E-state index in [0.717, 1.165) is 46.4 Å². The van der Waals surface area contributed by atoms with E-state index in [-0.39, 0.29) is 0 Å². The summed E-state index contributed by atoms with van der Waals surface area (Å²) < 4.78 is 12.9. The van der Waals surface area contributed by atoms with Gasteiger partial charge in [-0.05, 0) is 75.5 Å². The van der Waals surface area contributed by atoms with Crippen LogP contribution >= 0.6 is 22.9 Å². The maximum absolute atomic E-state index is 11.8. The van der Waals surface area contributed by atoms with Crippen molar-refractivity contribution in [1.29, 1.82) is 0 Å². The van der Waals surface area contributed by atoms with Crippen LogP contribution in [0.25, 0.3) is 32.0 Å². The number of amides is 1. The number of likely N-dealkylation sites (tertiary alicyclic amines) is 1. The van der Waals surface area contributed by atoms with Gasteiger partial charge in [-0.1, -0.05) is 30.2 Å². The third kappa shape index (κ3) is 6.29. The number of nitrogens with one attached hydrogen (secondary N) is 1. The minimum absolute atomic E-state index is 0.423. The molecule has 1 atom stereocenters. The lowest BCUT2D eigenvalue weighted by molar-refractivity contribution is 0.100. The summed E-state index contributed by atoms with van der Waals surface area (Å²) in [6.45, 7) is 7.01. The molecule has 0 saturated carbocycles. The summed E-state index contributed by atoms with van der Waals surface area (Å²) in [4.78, 5) is 28.9. The maximum atomic E-state index is 11.8. The summed E-state index contributed by atoms with van der Waals surface area (Å²) in [6, 6.07) is 15.3. The van der Waals surface area contributed by atoms with E-state index in [1.165, 1.54) is 30.6 Å². The molecule has 1 amide bonds. The number of aromatic nitrogens is 3. The first-order valence-corrected chi connectivity index (χ1v) is 16.0. The van der Waals surface area contributed by atoms with Crippen LogP contribution in [0.3, 0.4) is 0 Å². The molecule has 0 spiro atoms. The van der Waals surface area contributed by atoms with Crippen LogP contribution in [0.2, 0.25) is 5.02 Å². The van der Waals surface area contributed by atoms with Crippen molar-refractivity contribution in [1.82, 2.24) is 19.9 Å². The molecule has 3 aromatic carbocycles. The van der Waals surface area contributed by atoms with E-state index < -0.39 is 5.91 Å². The van der Waals surface area contributed by atoms with Crippen LogP contribution in [0.5, 0.6) is 11.5 Å². The van der Waals surface area contributed by atoms with Crippen molar-refractivity contribution in [3.63, 3.8) is 0 Å². The van der Waals surface area contributed by atoms with Crippen LogP contribution in [0.1, 0.15) is 48.5 Å². The van der Waals surface area contributed by atoms with Crippen LogP contribution in [0, 0.1) is 6.92 Å². The fourth-order valence-corrected chi connectivity index (χ4v) is 6.83. The summed E-state index contributed by atoms with van der Waals surface area (Å²) in [5.74, 6) is 1.71. The molecule has 1 unspecified atom stereocenters. The first-order valence-electron chi connectivity index (χ1n) is 14.8. The number of hydrogen-bond acceptors (Lipinski definition) is 9. The van der Waals surface area contributed by atoms with E-state index >= 15 is 0 Å². The molecule has 3 heterocycles. The fourth-order valence-electron chi connectivity index (χ4n) is 5.62. The quantitative estimate of drug-likeness (QED) is 0.154. The number of hydrogen-bond donors (Lipinski definition) is 2. The number of rotatable bonds is 10. The standard InChI is InChI=1S/C33H35ClN6O3S/c1-19-8-6-10-23(34)29(19)38-31-22-17-26(42-3)27(43-15-7-14-40-13-5-4-9-20(40)2)18-25(22)36-32(39-31)33-37-24-12-11-21(30(35)41)16-28(24)44-33/h6,8,10-12,16-18,20H,4-5,7,9,13-15H2,1-3H3,(H2,35,41)(H,36,38,39). The molecule has 1 aliphatic heterocycles. The number of ether oxygens (including phenoxy) is 2. The van der Waals surface area contributed by atoms with Crippen LogP contribution in [0.4, 0.5) is 11.5 Å². The van der Waals surface area contributed by atoms with Crippen molar-refractivity contribution in [2.45, 2.75) is 45.6 Å². The molecule has 1 fully saturated rings. The van der Waals surface area contributed by atoms with E-state index in [4.69, 9.17) is 41.8 Å². The average Bonchev–Trinajstić information content (AvgIpc) is 3.45. The summed E-state index contributed by atoms with van der Waals surface area (Å²) in [6.07, 6.45) is 4.74. The van der Waals surface area contributed by atoms with Crippen molar-refractivity contribution < 1.29 is 14.3 Å². The van der Waals surface area contributed by atoms with Crippen LogP contribution < -0.4 is 20.5 Å². The molecule has 228 valence electrons. The smallest absolute Gasteiger partial charge is 0.248 e. The number of aryl methyl sites for hydroxylation is 1.